The van der Waals surface area contributed by atoms with Crippen LogP contribution < -0.4 is 4.74 Å². The zero-order chi connectivity index (χ0) is 17.4. The molecule has 1 aliphatic carbocycles. The molecule has 1 amide bonds. The van der Waals surface area contributed by atoms with Crippen LogP contribution in [0.3, 0.4) is 0 Å². The van der Waals surface area contributed by atoms with Crippen LogP contribution in [0.25, 0.3) is 5.57 Å². The molecule has 0 unspecified atom stereocenters. The minimum Gasteiger partial charge on any atom is -0.497 e. The number of fused-ring (bicyclic) bond motifs is 2. The summed E-state index contributed by atoms with van der Waals surface area (Å²) in [5, 5.41) is 10.5. The summed E-state index contributed by atoms with van der Waals surface area (Å²) in [5.41, 5.74) is 5.04. The molecule has 4 nitrogen and oxygen atoms in total. The van der Waals surface area contributed by atoms with Gasteiger partial charge in [0.15, 0.2) is 6.23 Å². The Balaban J connectivity index is 1.59. The number of carbonyl (C=O) groups excluding carboxylic acids is 1. The molecule has 0 aromatic heterocycles. The third-order valence-corrected chi connectivity index (χ3v) is 5.11. The van der Waals surface area contributed by atoms with E-state index in [-0.39, 0.29) is 5.91 Å². The Labute approximate surface area is 147 Å². The van der Waals surface area contributed by atoms with Crippen molar-refractivity contribution in [3.05, 3.63) is 70.8 Å². The van der Waals surface area contributed by atoms with Gasteiger partial charge in [0.05, 0.1) is 7.11 Å². The highest BCUT2D eigenvalue weighted by Gasteiger charge is 2.34. The smallest absolute Gasteiger partial charge is 0.256 e. The second kappa shape index (κ2) is 6.37. The molecule has 128 valence electrons. The van der Waals surface area contributed by atoms with E-state index in [1.807, 2.05) is 24.3 Å². The number of ether oxygens (including phenoxy) is 1. The Morgan fingerprint density at radius 2 is 2.04 bits per heavy atom. The van der Waals surface area contributed by atoms with E-state index in [1.165, 1.54) is 21.6 Å². The Hall–Kier alpha value is -2.59. The maximum atomic E-state index is 12.5. The maximum Gasteiger partial charge on any atom is 0.256 e. The second-order valence-corrected chi connectivity index (χ2v) is 6.52. The Kier molecular flexibility index (Phi) is 4.06. The lowest BCUT2D eigenvalue weighted by Gasteiger charge is -2.23. The molecule has 1 heterocycles. The van der Waals surface area contributed by atoms with Gasteiger partial charge in [-0.1, -0.05) is 30.3 Å². The molecule has 2 aromatic carbocycles. The Bertz CT molecular complexity index is 856. The summed E-state index contributed by atoms with van der Waals surface area (Å²) in [6, 6.07) is 13.4. The van der Waals surface area contributed by atoms with Crippen molar-refractivity contribution < 1.29 is 14.6 Å². The van der Waals surface area contributed by atoms with E-state index in [0.29, 0.717) is 17.7 Å². The summed E-state index contributed by atoms with van der Waals surface area (Å²) < 4.78 is 5.32. The first-order valence-corrected chi connectivity index (χ1v) is 8.63. The molecule has 0 bridgehead atoms. The normalized spacial score (nSPS) is 20.6. The Morgan fingerprint density at radius 3 is 2.84 bits per heavy atom. The lowest BCUT2D eigenvalue weighted by atomic mass is 9.87. The largest absolute Gasteiger partial charge is 0.497 e. The average Bonchev–Trinajstić information content (AvgIpc) is 2.90. The summed E-state index contributed by atoms with van der Waals surface area (Å²) in [6.07, 6.45) is 4.34. The summed E-state index contributed by atoms with van der Waals surface area (Å²) in [5.74, 6) is 0.770. The van der Waals surface area contributed by atoms with Crippen LogP contribution in [0.2, 0.25) is 0 Å². The Morgan fingerprint density at radius 1 is 1.20 bits per heavy atom. The van der Waals surface area contributed by atoms with E-state index in [4.69, 9.17) is 4.74 Å². The zero-order valence-electron chi connectivity index (χ0n) is 14.2. The fourth-order valence-corrected chi connectivity index (χ4v) is 3.78. The third kappa shape index (κ3) is 2.72. The molecule has 4 heteroatoms. The number of carbonyl (C=O) groups is 1. The monoisotopic (exact) mass is 335 g/mol. The van der Waals surface area contributed by atoms with Crippen LogP contribution in [0, 0.1) is 0 Å². The number of hydrogen-bond acceptors (Lipinski definition) is 3. The molecular weight excluding hydrogens is 314 g/mol. The highest BCUT2D eigenvalue weighted by Crippen LogP contribution is 2.35. The van der Waals surface area contributed by atoms with Crippen molar-refractivity contribution in [3.63, 3.8) is 0 Å². The van der Waals surface area contributed by atoms with Crippen molar-refractivity contribution in [2.45, 2.75) is 25.5 Å². The summed E-state index contributed by atoms with van der Waals surface area (Å²) in [4.78, 5) is 14.1. The highest BCUT2D eigenvalue weighted by molar-refractivity contribution is 5.99. The van der Waals surface area contributed by atoms with Gasteiger partial charge in [-0.25, -0.2) is 0 Å². The molecule has 1 N–H and O–H groups in total. The number of aliphatic hydroxyl groups excluding tert-OH is 1. The van der Waals surface area contributed by atoms with Crippen molar-refractivity contribution in [3.8, 4) is 5.75 Å². The first-order chi connectivity index (χ1) is 12.2. The predicted molar refractivity (Wildman–Crippen MR) is 96.3 cm³/mol. The van der Waals surface area contributed by atoms with E-state index >= 15 is 0 Å². The molecule has 4 rings (SSSR count). The van der Waals surface area contributed by atoms with Crippen LogP contribution in [0.5, 0.6) is 5.75 Å². The van der Waals surface area contributed by atoms with E-state index < -0.39 is 6.23 Å². The van der Waals surface area contributed by atoms with Crippen molar-refractivity contribution in [1.82, 2.24) is 4.90 Å². The zero-order valence-corrected chi connectivity index (χ0v) is 14.2. The number of aliphatic hydroxyl groups is 1. The number of nitrogens with zero attached hydrogens (tertiary/aromatic N) is 1. The number of rotatable bonds is 3. The van der Waals surface area contributed by atoms with Gasteiger partial charge in [0.1, 0.15) is 5.75 Å². The molecule has 25 heavy (non-hydrogen) atoms. The minimum absolute atomic E-state index is 0.106. The SMILES string of the molecule is COc1ccc2c(c1)CCC/C2=C\CN1C(=O)c2ccccc2[C@H]1O. The van der Waals surface area contributed by atoms with Crippen LogP contribution in [0.15, 0.2) is 48.5 Å². The van der Waals surface area contributed by atoms with Crippen LogP contribution in [0.1, 0.15) is 46.1 Å². The molecule has 0 saturated carbocycles. The second-order valence-electron chi connectivity index (χ2n) is 6.52. The average molecular weight is 335 g/mol. The molecular formula is C21H21NO3. The van der Waals surface area contributed by atoms with E-state index in [9.17, 15) is 9.90 Å². The van der Waals surface area contributed by atoms with E-state index in [1.54, 1.807) is 13.2 Å². The van der Waals surface area contributed by atoms with Gasteiger partial charge in [-0.05, 0) is 54.2 Å². The first kappa shape index (κ1) is 15.9. The van der Waals surface area contributed by atoms with Gasteiger partial charge < -0.3 is 14.7 Å². The molecule has 0 spiro atoms. The van der Waals surface area contributed by atoms with Gasteiger partial charge in [-0.15, -0.1) is 0 Å². The summed E-state index contributed by atoms with van der Waals surface area (Å²) >= 11 is 0. The fraction of sp³-hybridized carbons (Fsp3) is 0.286. The lowest BCUT2D eigenvalue weighted by molar-refractivity contribution is 0.0232. The van der Waals surface area contributed by atoms with Crippen LogP contribution >= 0.6 is 0 Å². The standard InChI is InChI=1S/C21H21NO3/c1-25-16-9-10-17-14(5-4-6-15(17)13-16)11-12-22-20(23)18-7-2-3-8-19(18)21(22)24/h2-3,7-11,13,20,23H,4-6,12H2,1H3/b14-11+/t20-/m1/s1. The molecule has 0 fully saturated rings. The number of allylic oxidation sites excluding steroid dienone is 1. The minimum atomic E-state index is -0.862. The van der Waals surface area contributed by atoms with Crippen molar-refractivity contribution in [1.29, 1.82) is 0 Å². The van der Waals surface area contributed by atoms with Gasteiger partial charge in [-0.3, -0.25) is 4.79 Å². The van der Waals surface area contributed by atoms with Gasteiger partial charge in [0.2, 0.25) is 0 Å². The lowest BCUT2D eigenvalue weighted by Crippen LogP contribution is -2.28. The summed E-state index contributed by atoms with van der Waals surface area (Å²) in [7, 11) is 1.68. The predicted octanol–water partition coefficient (Wildman–Crippen LogP) is 3.56. The van der Waals surface area contributed by atoms with Crippen LogP contribution in [0.4, 0.5) is 0 Å². The first-order valence-electron chi connectivity index (χ1n) is 8.63. The van der Waals surface area contributed by atoms with Gasteiger partial charge in [-0.2, -0.15) is 0 Å². The molecule has 0 saturated heterocycles. The maximum absolute atomic E-state index is 12.5. The van der Waals surface area contributed by atoms with Crippen LogP contribution in [-0.2, 0) is 6.42 Å². The van der Waals surface area contributed by atoms with E-state index in [0.717, 1.165) is 25.0 Å². The van der Waals surface area contributed by atoms with Gasteiger partial charge >= 0.3 is 0 Å². The topological polar surface area (TPSA) is 49.8 Å². The molecule has 1 atom stereocenters. The van der Waals surface area contributed by atoms with Crippen molar-refractivity contribution >= 4 is 11.5 Å². The summed E-state index contributed by atoms with van der Waals surface area (Å²) in [6.45, 7) is 0.412. The number of aryl methyl sites for hydroxylation is 1. The molecule has 2 aliphatic rings. The number of hydrogen-bond donors (Lipinski definition) is 1. The van der Waals surface area contributed by atoms with Crippen molar-refractivity contribution in [2.24, 2.45) is 0 Å². The van der Waals surface area contributed by atoms with E-state index in [2.05, 4.69) is 18.2 Å². The highest BCUT2D eigenvalue weighted by atomic mass is 16.5. The number of amides is 1. The van der Waals surface area contributed by atoms with Gasteiger partial charge in [0.25, 0.3) is 5.91 Å². The number of benzene rings is 2. The quantitative estimate of drug-likeness (QED) is 0.933. The fourth-order valence-electron chi connectivity index (χ4n) is 3.78. The molecule has 2 aromatic rings. The van der Waals surface area contributed by atoms with Crippen molar-refractivity contribution in [2.75, 3.05) is 13.7 Å². The molecule has 1 aliphatic heterocycles. The van der Waals surface area contributed by atoms with Crippen LogP contribution in [-0.4, -0.2) is 29.6 Å². The third-order valence-electron chi connectivity index (χ3n) is 5.11. The molecule has 0 radical (unpaired) electrons. The number of methoxy groups -OCH3 is 1. The van der Waals surface area contributed by atoms with Gasteiger partial charge in [0, 0.05) is 17.7 Å².